The second kappa shape index (κ2) is 5.25. The van der Waals surface area contributed by atoms with Crippen molar-refractivity contribution in [2.24, 2.45) is 0 Å². The molecular weight excluding hydrogens is 323 g/mol. The maximum Gasteiger partial charge on any atom is 0.144 e. The van der Waals surface area contributed by atoms with Gasteiger partial charge in [-0.05, 0) is 46.6 Å². The second-order valence-corrected chi connectivity index (χ2v) is 5.30. The van der Waals surface area contributed by atoms with Crippen molar-refractivity contribution in [3.05, 3.63) is 50.5 Å². The van der Waals surface area contributed by atoms with Gasteiger partial charge in [0.05, 0.1) is 9.50 Å². The summed E-state index contributed by atoms with van der Waals surface area (Å²) in [5, 5.41) is 4.48. The van der Waals surface area contributed by atoms with E-state index in [4.69, 9.17) is 23.2 Å². The molecule has 0 aliphatic carbocycles. The summed E-state index contributed by atoms with van der Waals surface area (Å²) in [6.07, 6.45) is 1.59. The monoisotopic (exact) mass is 330 g/mol. The number of aryl methyl sites for hydroxylation is 1. The van der Waals surface area contributed by atoms with Crippen molar-refractivity contribution in [2.45, 2.75) is 6.92 Å². The van der Waals surface area contributed by atoms with Crippen LogP contribution in [0.5, 0.6) is 0 Å². The molecular formula is C12H9BrCl2N2. The Hall–Kier alpha value is -0.770. The lowest BCUT2D eigenvalue weighted by molar-refractivity contribution is 1.28. The zero-order valence-corrected chi connectivity index (χ0v) is 12.1. The number of aromatic nitrogens is 1. The smallest absolute Gasteiger partial charge is 0.144 e. The third-order valence-corrected chi connectivity index (χ3v) is 3.31. The summed E-state index contributed by atoms with van der Waals surface area (Å²) >= 11 is 15.2. The van der Waals surface area contributed by atoms with Gasteiger partial charge in [0.15, 0.2) is 0 Å². The summed E-state index contributed by atoms with van der Waals surface area (Å²) in [5.74, 6) is 0.708. The van der Waals surface area contributed by atoms with E-state index in [1.165, 1.54) is 0 Å². The number of hydrogen-bond donors (Lipinski definition) is 1. The zero-order chi connectivity index (χ0) is 12.4. The van der Waals surface area contributed by atoms with Gasteiger partial charge in [-0.3, -0.25) is 0 Å². The highest BCUT2D eigenvalue weighted by molar-refractivity contribution is 9.10. The maximum absolute atomic E-state index is 5.95. The lowest BCUT2D eigenvalue weighted by atomic mass is 10.2. The molecule has 0 saturated carbocycles. The topological polar surface area (TPSA) is 24.9 Å². The molecule has 0 aliphatic heterocycles. The van der Waals surface area contributed by atoms with Gasteiger partial charge in [0.2, 0.25) is 0 Å². The number of halogens is 3. The maximum atomic E-state index is 5.95. The van der Waals surface area contributed by atoms with Crippen LogP contribution in [-0.4, -0.2) is 4.98 Å². The van der Waals surface area contributed by atoms with Gasteiger partial charge in [-0.2, -0.15) is 0 Å². The fourth-order valence-corrected chi connectivity index (χ4v) is 2.27. The summed E-state index contributed by atoms with van der Waals surface area (Å²) in [4.78, 5) is 4.21. The van der Waals surface area contributed by atoms with Gasteiger partial charge in [0, 0.05) is 16.9 Å². The number of hydrogen-bond acceptors (Lipinski definition) is 2. The Kier molecular flexibility index (Phi) is 3.92. The van der Waals surface area contributed by atoms with Crippen molar-refractivity contribution in [3.63, 3.8) is 0 Å². The summed E-state index contributed by atoms with van der Waals surface area (Å²) in [5.41, 5.74) is 2.02. The molecule has 2 nitrogen and oxygen atoms in total. The van der Waals surface area contributed by atoms with Crippen molar-refractivity contribution in [1.82, 2.24) is 4.98 Å². The van der Waals surface area contributed by atoms with E-state index in [-0.39, 0.29) is 0 Å². The molecule has 0 amide bonds. The van der Waals surface area contributed by atoms with E-state index in [0.717, 1.165) is 15.7 Å². The molecule has 0 fully saturated rings. The molecule has 1 aromatic heterocycles. The lowest BCUT2D eigenvalue weighted by Gasteiger charge is -2.10. The van der Waals surface area contributed by atoms with Gasteiger partial charge < -0.3 is 5.32 Å². The molecule has 0 atom stereocenters. The van der Waals surface area contributed by atoms with Crippen LogP contribution in [0.25, 0.3) is 0 Å². The van der Waals surface area contributed by atoms with Crippen LogP contribution in [0.1, 0.15) is 5.56 Å². The predicted octanol–water partition coefficient (Wildman–Crippen LogP) is 5.20. The van der Waals surface area contributed by atoms with E-state index in [1.807, 2.05) is 25.1 Å². The Balaban J connectivity index is 2.34. The average Bonchev–Trinajstić information content (AvgIpc) is 2.27. The van der Waals surface area contributed by atoms with Crippen molar-refractivity contribution in [2.75, 3.05) is 5.32 Å². The number of nitrogens with zero attached hydrogens (tertiary/aromatic N) is 1. The molecule has 0 bridgehead atoms. The van der Waals surface area contributed by atoms with Crippen LogP contribution in [-0.2, 0) is 0 Å². The van der Waals surface area contributed by atoms with Crippen molar-refractivity contribution < 1.29 is 0 Å². The van der Waals surface area contributed by atoms with Crippen LogP contribution in [0.4, 0.5) is 11.5 Å². The highest BCUT2D eigenvalue weighted by Gasteiger charge is 2.05. The molecule has 17 heavy (non-hydrogen) atoms. The van der Waals surface area contributed by atoms with Crippen molar-refractivity contribution in [1.29, 1.82) is 0 Å². The number of rotatable bonds is 2. The number of nitrogens with one attached hydrogen (secondary N) is 1. The Morgan fingerprint density at radius 2 is 1.94 bits per heavy atom. The van der Waals surface area contributed by atoms with Gasteiger partial charge in [-0.15, -0.1) is 0 Å². The summed E-state index contributed by atoms with van der Waals surface area (Å²) < 4.78 is 0.810. The minimum Gasteiger partial charge on any atom is -0.339 e. The third kappa shape index (κ3) is 3.12. The van der Waals surface area contributed by atoms with Crippen LogP contribution in [0.15, 0.2) is 34.9 Å². The van der Waals surface area contributed by atoms with Crippen molar-refractivity contribution >= 4 is 50.6 Å². The quantitative estimate of drug-likeness (QED) is 0.817. The molecule has 2 aromatic rings. The Morgan fingerprint density at radius 3 is 2.65 bits per heavy atom. The fraction of sp³-hybridized carbons (Fsp3) is 0.0833. The molecule has 0 aliphatic rings. The molecule has 0 saturated heterocycles. The molecule has 5 heteroatoms. The highest BCUT2D eigenvalue weighted by atomic mass is 79.9. The Bertz CT molecular complexity index is 558. The summed E-state index contributed by atoms with van der Waals surface area (Å²) in [6.45, 7) is 2.00. The molecule has 0 unspecified atom stereocenters. The summed E-state index contributed by atoms with van der Waals surface area (Å²) in [7, 11) is 0. The fourth-order valence-electron chi connectivity index (χ4n) is 1.36. The number of benzene rings is 1. The molecule has 0 radical (unpaired) electrons. The molecule has 1 heterocycles. The zero-order valence-electron chi connectivity index (χ0n) is 8.97. The first kappa shape index (κ1) is 12.7. The van der Waals surface area contributed by atoms with Gasteiger partial charge in [0.25, 0.3) is 0 Å². The van der Waals surface area contributed by atoms with Gasteiger partial charge in [-0.25, -0.2) is 4.98 Å². The highest BCUT2D eigenvalue weighted by Crippen LogP contribution is 2.28. The van der Waals surface area contributed by atoms with Crippen LogP contribution in [0.3, 0.4) is 0 Å². The van der Waals surface area contributed by atoms with Crippen LogP contribution in [0, 0.1) is 6.92 Å². The van der Waals surface area contributed by atoms with E-state index in [0.29, 0.717) is 15.9 Å². The van der Waals surface area contributed by atoms with Crippen LogP contribution < -0.4 is 5.32 Å². The van der Waals surface area contributed by atoms with Crippen LogP contribution in [0.2, 0.25) is 10.0 Å². The average molecular weight is 332 g/mol. The van der Waals surface area contributed by atoms with Crippen LogP contribution >= 0.6 is 39.1 Å². The first-order valence-corrected chi connectivity index (χ1v) is 6.45. The predicted molar refractivity (Wildman–Crippen MR) is 76.4 cm³/mol. The van der Waals surface area contributed by atoms with Gasteiger partial charge in [-0.1, -0.05) is 29.3 Å². The van der Waals surface area contributed by atoms with E-state index in [2.05, 4.69) is 26.2 Å². The second-order valence-electron chi connectivity index (χ2n) is 3.57. The third-order valence-electron chi connectivity index (χ3n) is 2.26. The molecule has 0 spiro atoms. The first-order valence-electron chi connectivity index (χ1n) is 4.90. The molecule has 1 N–H and O–H groups in total. The van der Waals surface area contributed by atoms with E-state index in [1.54, 1.807) is 12.3 Å². The number of pyridine rings is 1. The normalized spacial score (nSPS) is 10.4. The minimum atomic E-state index is 0.588. The Labute approximate surface area is 118 Å². The standard InChI is InChI=1S/C12H9BrCl2N2/c1-7-2-3-8(14)5-11(7)17-12-10(13)4-9(15)6-16-12/h2-6H,1H3,(H,16,17). The molecule has 2 rings (SSSR count). The largest absolute Gasteiger partial charge is 0.339 e. The summed E-state index contributed by atoms with van der Waals surface area (Å²) in [6, 6.07) is 7.46. The SMILES string of the molecule is Cc1ccc(Cl)cc1Nc1ncc(Cl)cc1Br. The van der Waals surface area contributed by atoms with E-state index >= 15 is 0 Å². The molecule has 88 valence electrons. The van der Waals surface area contributed by atoms with Gasteiger partial charge in [0.1, 0.15) is 5.82 Å². The number of anilines is 2. The van der Waals surface area contributed by atoms with Gasteiger partial charge >= 0.3 is 0 Å². The van der Waals surface area contributed by atoms with E-state index < -0.39 is 0 Å². The minimum absolute atomic E-state index is 0.588. The molecule has 1 aromatic carbocycles. The van der Waals surface area contributed by atoms with Crippen molar-refractivity contribution in [3.8, 4) is 0 Å². The lowest BCUT2D eigenvalue weighted by Crippen LogP contribution is -1.96. The van der Waals surface area contributed by atoms with E-state index in [9.17, 15) is 0 Å². The first-order chi connectivity index (χ1) is 8.06. The Morgan fingerprint density at radius 1 is 1.18 bits per heavy atom.